The average molecular weight is 316 g/mol. The number of rotatable bonds is 6. The molecule has 0 bridgehead atoms. The third kappa shape index (κ3) is 3.89. The Kier molecular flexibility index (Phi) is 4.63. The minimum Gasteiger partial charge on any atom is -0.491 e. The Hall–Kier alpha value is -1.92. The van der Waals surface area contributed by atoms with Crippen LogP contribution in [0.25, 0.3) is 0 Å². The summed E-state index contributed by atoms with van der Waals surface area (Å²) in [5.41, 5.74) is 1.88. The molecule has 1 atom stereocenters. The van der Waals surface area contributed by atoms with E-state index >= 15 is 0 Å². The van der Waals surface area contributed by atoms with Crippen LogP contribution in [0.1, 0.15) is 44.2 Å². The fraction of sp³-hybridized carbons (Fsp3) is 0.529. The van der Waals surface area contributed by atoms with Crippen molar-refractivity contribution in [1.82, 2.24) is 19.9 Å². The van der Waals surface area contributed by atoms with E-state index in [-0.39, 0.29) is 6.10 Å². The van der Waals surface area contributed by atoms with Crippen LogP contribution in [0.15, 0.2) is 30.5 Å². The maximum Gasteiger partial charge on any atom is 0.120 e. The van der Waals surface area contributed by atoms with Gasteiger partial charge in [-0.3, -0.25) is 4.90 Å². The zero-order chi connectivity index (χ0) is 16.4. The van der Waals surface area contributed by atoms with E-state index in [2.05, 4.69) is 27.3 Å². The van der Waals surface area contributed by atoms with Crippen LogP contribution in [0, 0.1) is 0 Å². The van der Waals surface area contributed by atoms with Crippen molar-refractivity contribution in [3.63, 3.8) is 0 Å². The maximum absolute atomic E-state index is 9.51. The first kappa shape index (κ1) is 16.0. The molecule has 2 heterocycles. The topological polar surface area (TPSA) is 63.4 Å². The lowest BCUT2D eigenvalue weighted by molar-refractivity contribution is 0.0894. The number of aliphatic hydroxyl groups is 1. The molecule has 1 aliphatic heterocycles. The number of nitrogens with zero attached hydrogens (tertiary/aromatic N) is 4. The summed E-state index contributed by atoms with van der Waals surface area (Å²) in [7, 11) is 0. The molecule has 1 N–H and O–H groups in total. The van der Waals surface area contributed by atoms with E-state index in [0.29, 0.717) is 11.7 Å². The van der Waals surface area contributed by atoms with Gasteiger partial charge < -0.3 is 9.84 Å². The zero-order valence-corrected chi connectivity index (χ0v) is 13.9. The molecule has 124 valence electrons. The molecule has 0 saturated carbocycles. The van der Waals surface area contributed by atoms with Gasteiger partial charge in [-0.25, -0.2) is 4.68 Å². The first-order valence-electron chi connectivity index (χ1n) is 8.09. The Balaban J connectivity index is 1.53. The molecular formula is C17H24N4O2. The van der Waals surface area contributed by atoms with Crippen LogP contribution in [0.3, 0.4) is 0 Å². The van der Waals surface area contributed by atoms with Gasteiger partial charge in [-0.2, -0.15) is 0 Å². The predicted molar refractivity (Wildman–Crippen MR) is 87.2 cm³/mol. The summed E-state index contributed by atoms with van der Waals surface area (Å²) in [6.07, 6.45) is 1.46. The highest BCUT2D eigenvalue weighted by atomic mass is 16.5. The Morgan fingerprint density at radius 2 is 2.09 bits per heavy atom. The molecule has 0 radical (unpaired) electrons. The number of aliphatic hydroxyl groups excluding tert-OH is 1. The standard InChI is InChI=1S/C17H24N4O2/c1-12(2)23-16-6-4-5-14(7-16)8-20-9-15(10-20)21-11-17(13(3)22)18-19-21/h4-7,11-13,15,22H,8-10H2,1-3H3/t13-/m1/s1. The third-order valence-corrected chi connectivity index (χ3v) is 3.94. The van der Waals surface area contributed by atoms with Gasteiger partial charge in [0.1, 0.15) is 11.4 Å². The van der Waals surface area contributed by atoms with E-state index in [1.807, 2.05) is 36.9 Å². The number of hydrogen-bond donors (Lipinski definition) is 1. The molecule has 1 aromatic heterocycles. The van der Waals surface area contributed by atoms with E-state index in [9.17, 15) is 5.11 Å². The number of hydrogen-bond acceptors (Lipinski definition) is 5. The van der Waals surface area contributed by atoms with Crippen LogP contribution >= 0.6 is 0 Å². The first-order chi connectivity index (χ1) is 11.0. The smallest absolute Gasteiger partial charge is 0.120 e. The van der Waals surface area contributed by atoms with Crippen LogP contribution in [0.5, 0.6) is 5.75 Å². The van der Waals surface area contributed by atoms with Gasteiger partial charge in [0.15, 0.2) is 0 Å². The maximum atomic E-state index is 9.51. The van der Waals surface area contributed by atoms with Crippen LogP contribution in [0.2, 0.25) is 0 Å². The summed E-state index contributed by atoms with van der Waals surface area (Å²) in [5.74, 6) is 0.924. The lowest BCUT2D eigenvalue weighted by Crippen LogP contribution is -2.47. The molecule has 6 nitrogen and oxygen atoms in total. The molecule has 1 aromatic carbocycles. The summed E-state index contributed by atoms with van der Waals surface area (Å²) in [5, 5.41) is 17.6. The van der Waals surface area contributed by atoms with Crippen molar-refractivity contribution in [2.45, 2.75) is 45.6 Å². The molecule has 1 saturated heterocycles. The van der Waals surface area contributed by atoms with Crippen molar-refractivity contribution < 1.29 is 9.84 Å². The normalized spacial score (nSPS) is 17.3. The van der Waals surface area contributed by atoms with Gasteiger partial charge in [0.05, 0.1) is 24.4 Å². The van der Waals surface area contributed by atoms with Crippen molar-refractivity contribution in [2.24, 2.45) is 0 Å². The molecule has 3 rings (SSSR count). The molecular weight excluding hydrogens is 292 g/mol. The van der Waals surface area contributed by atoms with Crippen molar-refractivity contribution >= 4 is 0 Å². The second kappa shape index (κ2) is 6.68. The third-order valence-electron chi connectivity index (χ3n) is 3.94. The summed E-state index contributed by atoms with van der Waals surface area (Å²) in [6, 6.07) is 8.60. The van der Waals surface area contributed by atoms with Crippen molar-refractivity contribution in [2.75, 3.05) is 13.1 Å². The zero-order valence-electron chi connectivity index (χ0n) is 13.9. The SMILES string of the molecule is CC(C)Oc1cccc(CN2CC(n3cc([C@@H](C)O)nn3)C2)c1. The van der Waals surface area contributed by atoms with Gasteiger partial charge in [0.2, 0.25) is 0 Å². The van der Waals surface area contributed by atoms with E-state index in [1.165, 1.54) is 5.56 Å². The van der Waals surface area contributed by atoms with Gasteiger partial charge in [-0.15, -0.1) is 5.10 Å². The average Bonchev–Trinajstić information content (AvgIpc) is 2.91. The van der Waals surface area contributed by atoms with E-state index in [1.54, 1.807) is 6.92 Å². The monoisotopic (exact) mass is 316 g/mol. The molecule has 0 amide bonds. The molecule has 0 spiro atoms. The number of ether oxygens (including phenoxy) is 1. The highest BCUT2D eigenvalue weighted by molar-refractivity contribution is 5.28. The fourth-order valence-electron chi connectivity index (χ4n) is 2.75. The summed E-state index contributed by atoms with van der Waals surface area (Å²) in [4.78, 5) is 2.36. The molecule has 23 heavy (non-hydrogen) atoms. The largest absolute Gasteiger partial charge is 0.491 e. The minimum absolute atomic E-state index is 0.189. The van der Waals surface area contributed by atoms with Gasteiger partial charge in [-0.05, 0) is 38.5 Å². The Bertz CT molecular complexity index is 648. The van der Waals surface area contributed by atoms with E-state index in [4.69, 9.17) is 4.74 Å². The number of likely N-dealkylation sites (tertiary alicyclic amines) is 1. The molecule has 0 unspecified atom stereocenters. The van der Waals surface area contributed by atoms with Gasteiger partial charge in [-0.1, -0.05) is 17.3 Å². The van der Waals surface area contributed by atoms with Gasteiger partial charge in [0, 0.05) is 19.6 Å². The van der Waals surface area contributed by atoms with Crippen LogP contribution in [0.4, 0.5) is 0 Å². The summed E-state index contributed by atoms with van der Waals surface area (Å²) < 4.78 is 7.60. The Morgan fingerprint density at radius 1 is 1.30 bits per heavy atom. The molecule has 0 aliphatic carbocycles. The van der Waals surface area contributed by atoms with Crippen molar-refractivity contribution in [3.05, 3.63) is 41.7 Å². The second-order valence-electron chi connectivity index (χ2n) is 6.46. The van der Waals surface area contributed by atoms with Gasteiger partial charge >= 0.3 is 0 Å². The highest BCUT2D eigenvalue weighted by Gasteiger charge is 2.29. The second-order valence-corrected chi connectivity index (χ2v) is 6.46. The molecule has 6 heteroatoms. The Labute approximate surface area is 136 Å². The Morgan fingerprint density at radius 3 is 2.74 bits per heavy atom. The number of benzene rings is 1. The lowest BCUT2D eigenvalue weighted by Gasteiger charge is -2.38. The van der Waals surface area contributed by atoms with Crippen LogP contribution in [-0.2, 0) is 6.54 Å². The highest BCUT2D eigenvalue weighted by Crippen LogP contribution is 2.24. The van der Waals surface area contributed by atoms with E-state index < -0.39 is 6.10 Å². The molecule has 2 aromatic rings. The summed E-state index contributed by atoms with van der Waals surface area (Å²) >= 11 is 0. The quantitative estimate of drug-likeness (QED) is 0.885. The lowest BCUT2D eigenvalue weighted by atomic mass is 10.1. The summed E-state index contributed by atoms with van der Waals surface area (Å²) in [6.45, 7) is 8.56. The van der Waals surface area contributed by atoms with Crippen LogP contribution < -0.4 is 4.74 Å². The van der Waals surface area contributed by atoms with Crippen LogP contribution in [-0.4, -0.2) is 44.2 Å². The van der Waals surface area contributed by atoms with E-state index in [0.717, 1.165) is 25.4 Å². The van der Waals surface area contributed by atoms with Crippen molar-refractivity contribution in [1.29, 1.82) is 0 Å². The van der Waals surface area contributed by atoms with Gasteiger partial charge in [0.25, 0.3) is 0 Å². The van der Waals surface area contributed by atoms with Crippen molar-refractivity contribution in [3.8, 4) is 5.75 Å². The molecule has 1 aliphatic rings. The fourth-order valence-corrected chi connectivity index (χ4v) is 2.75. The molecule has 1 fully saturated rings. The first-order valence-corrected chi connectivity index (χ1v) is 8.09. The minimum atomic E-state index is -0.566. The predicted octanol–water partition coefficient (Wildman–Crippen LogP) is 2.18. The number of aromatic nitrogens is 3.